The number of halogens is 1. The lowest BCUT2D eigenvalue weighted by Crippen LogP contribution is -2.33. The minimum atomic E-state index is -0.480. The molecule has 4 aromatic rings. The van der Waals surface area contributed by atoms with Gasteiger partial charge in [-0.15, -0.1) is 0 Å². The van der Waals surface area contributed by atoms with Gasteiger partial charge in [-0.2, -0.15) is 0 Å². The summed E-state index contributed by atoms with van der Waals surface area (Å²) in [6.45, 7) is 2.13. The van der Waals surface area contributed by atoms with E-state index in [-0.39, 0.29) is 26.4 Å². The lowest BCUT2D eigenvalue weighted by atomic mass is 10.1. The molecular formula is C29H21BrN4O3S2. The molecule has 1 aromatic heterocycles. The van der Waals surface area contributed by atoms with Crippen LogP contribution in [-0.2, 0) is 23.2 Å². The topological polar surface area (TPSA) is 67.6 Å². The fraction of sp³-hybridized carbons (Fsp3) is 0.103. The molecule has 0 N–H and O–H groups in total. The molecule has 0 bridgehead atoms. The fourth-order valence-electron chi connectivity index (χ4n) is 4.97. The van der Waals surface area contributed by atoms with Gasteiger partial charge in [0.1, 0.15) is 5.69 Å². The van der Waals surface area contributed by atoms with Crippen LogP contribution in [0.15, 0.2) is 93.0 Å². The van der Waals surface area contributed by atoms with Crippen LogP contribution in [0.4, 0.5) is 11.4 Å². The van der Waals surface area contributed by atoms with Crippen molar-refractivity contribution < 1.29 is 9.59 Å². The molecule has 194 valence electrons. The van der Waals surface area contributed by atoms with Crippen molar-refractivity contribution in [3.05, 3.63) is 115 Å². The van der Waals surface area contributed by atoms with E-state index in [1.54, 1.807) is 23.6 Å². The summed E-state index contributed by atoms with van der Waals surface area (Å²) in [5.41, 5.74) is 3.69. The van der Waals surface area contributed by atoms with E-state index in [9.17, 15) is 14.4 Å². The van der Waals surface area contributed by atoms with Gasteiger partial charge in [-0.25, -0.2) is 4.68 Å². The molecule has 0 radical (unpaired) electrons. The predicted octanol–water partition coefficient (Wildman–Crippen LogP) is 5.57. The molecule has 0 unspecified atom stereocenters. The normalized spacial score (nSPS) is 16.9. The first kappa shape index (κ1) is 25.5. The van der Waals surface area contributed by atoms with E-state index in [4.69, 9.17) is 12.2 Å². The Morgan fingerprint density at radius 1 is 0.897 bits per heavy atom. The smallest absolute Gasteiger partial charge is 0.296 e. The van der Waals surface area contributed by atoms with Crippen molar-refractivity contribution in [1.29, 1.82) is 0 Å². The zero-order valence-electron chi connectivity index (χ0n) is 20.9. The summed E-state index contributed by atoms with van der Waals surface area (Å²) < 4.78 is 4.20. The van der Waals surface area contributed by atoms with Crippen LogP contribution in [-0.4, -0.2) is 25.5 Å². The van der Waals surface area contributed by atoms with Gasteiger partial charge in [-0.3, -0.25) is 24.0 Å². The number of hydrogen-bond donors (Lipinski definition) is 0. The first-order valence-corrected chi connectivity index (χ1v) is 14.1. The Labute approximate surface area is 242 Å². The molecule has 10 heteroatoms. The zero-order chi connectivity index (χ0) is 27.4. The molecular weight excluding hydrogens is 596 g/mol. The number of hydrogen-bond acceptors (Lipinski definition) is 5. The van der Waals surface area contributed by atoms with Crippen molar-refractivity contribution in [2.24, 2.45) is 7.05 Å². The van der Waals surface area contributed by atoms with Crippen LogP contribution in [0.3, 0.4) is 0 Å². The Kier molecular flexibility index (Phi) is 6.41. The van der Waals surface area contributed by atoms with E-state index in [0.29, 0.717) is 29.1 Å². The van der Waals surface area contributed by atoms with Gasteiger partial charge in [-0.05, 0) is 42.8 Å². The summed E-state index contributed by atoms with van der Waals surface area (Å²) in [6, 6.07) is 24.5. The Balaban J connectivity index is 1.47. The second-order valence-corrected chi connectivity index (χ2v) is 11.7. The van der Waals surface area contributed by atoms with Crippen molar-refractivity contribution >= 4 is 73.0 Å². The molecule has 2 aliphatic rings. The number of fused-ring (bicyclic) bond motifs is 1. The number of anilines is 2. The van der Waals surface area contributed by atoms with Crippen LogP contribution in [0.5, 0.6) is 0 Å². The van der Waals surface area contributed by atoms with Crippen LogP contribution in [0, 0.1) is 6.92 Å². The number of para-hydroxylation sites is 1. The van der Waals surface area contributed by atoms with E-state index in [0.717, 1.165) is 27.5 Å². The molecule has 1 saturated heterocycles. The predicted molar refractivity (Wildman–Crippen MR) is 162 cm³/mol. The standard InChI is InChI=1S/C29H21BrN4O3S2/c1-17-24(27(36)34(31(17)2)20-11-7-4-8-12-20)33-28(37)25(39-29(33)38)23-21-15-19(30)13-14-22(21)32(26(23)35)16-18-9-5-3-6-10-18/h3-15H,16H2,1-2H3/b25-23-. The van der Waals surface area contributed by atoms with Crippen molar-refractivity contribution in [3.8, 4) is 5.69 Å². The number of rotatable bonds is 4. The Bertz CT molecular complexity index is 1780. The maximum absolute atomic E-state index is 14.0. The first-order valence-electron chi connectivity index (χ1n) is 12.1. The first-order chi connectivity index (χ1) is 18.8. The summed E-state index contributed by atoms with van der Waals surface area (Å²) >= 11 is 10.2. The number of carbonyl (C=O) groups is 2. The van der Waals surface area contributed by atoms with Crippen molar-refractivity contribution in [2.75, 3.05) is 9.80 Å². The second kappa shape index (κ2) is 9.78. The van der Waals surface area contributed by atoms with Crippen molar-refractivity contribution in [3.63, 3.8) is 0 Å². The van der Waals surface area contributed by atoms with Gasteiger partial charge in [0, 0.05) is 17.1 Å². The van der Waals surface area contributed by atoms with Gasteiger partial charge in [0.2, 0.25) is 0 Å². The number of carbonyl (C=O) groups excluding carboxylic acids is 2. The molecule has 0 aliphatic carbocycles. The molecule has 6 rings (SSSR count). The summed E-state index contributed by atoms with van der Waals surface area (Å²) in [5, 5.41) is 0. The average Bonchev–Trinajstić information content (AvgIpc) is 3.45. The highest BCUT2D eigenvalue weighted by molar-refractivity contribution is 9.10. The van der Waals surface area contributed by atoms with Gasteiger partial charge < -0.3 is 4.90 Å². The van der Waals surface area contributed by atoms with Gasteiger partial charge in [-0.1, -0.05) is 88.4 Å². The van der Waals surface area contributed by atoms with Crippen LogP contribution >= 0.6 is 39.9 Å². The van der Waals surface area contributed by atoms with Crippen LogP contribution < -0.4 is 15.4 Å². The molecule has 0 atom stereocenters. The van der Waals surface area contributed by atoms with Gasteiger partial charge >= 0.3 is 0 Å². The lowest BCUT2D eigenvalue weighted by Gasteiger charge is -2.17. The summed E-state index contributed by atoms with van der Waals surface area (Å²) in [5.74, 6) is -0.759. The highest BCUT2D eigenvalue weighted by atomic mass is 79.9. The monoisotopic (exact) mass is 616 g/mol. The van der Waals surface area contributed by atoms with E-state index < -0.39 is 5.91 Å². The van der Waals surface area contributed by atoms with Crippen molar-refractivity contribution in [2.45, 2.75) is 13.5 Å². The number of aromatic nitrogens is 2. The average molecular weight is 618 g/mol. The molecule has 7 nitrogen and oxygen atoms in total. The van der Waals surface area contributed by atoms with E-state index in [1.165, 1.54) is 9.58 Å². The number of thiocarbonyl (C=S) groups is 1. The minimum absolute atomic E-state index is 0.181. The quantitative estimate of drug-likeness (QED) is 0.221. The minimum Gasteiger partial charge on any atom is -0.303 e. The third-order valence-corrected chi connectivity index (χ3v) is 8.77. The van der Waals surface area contributed by atoms with Crippen molar-refractivity contribution in [1.82, 2.24) is 9.36 Å². The molecule has 1 fully saturated rings. The molecule has 2 amide bonds. The fourth-order valence-corrected chi connectivity index (χ4v) is 6.67. The largest absolute Gasteiger partial charge is 0.303 e. The zero-order valence-corrected chi connectivity index (χ0v) is 24.1. The summed E-state index contributed by atoms with van der Waals surface area (Å²) in [4.78, 5) is 44.7. The van der Waals surface area contributed by atoms with E-state index in [2.05, 4.69) is 15.9 Å². The van der Waals surface area contributed by atoms with Crippen LogP contribution in [0.2, 0.25) is 0 Å². The van der Waals surface area contributed by atoms with Crippen LogP contribution in [0.1, 0.15) is 16.8 Å². The molecule has 3 aromatic carbocycles. The molecule has 39 heavy (non-hydrogen) atoms. The second-order valence-electron chi connectivity index (χ2n) is 9.16. The Hall–Kier alpha value is -3.73. The van der Waals surface area contributed by atoms with Gasteiger partial charge in [0.15, 0.2) is 4.32 Å². The maximum atomic E-state index is 14.0. The molecule has 3 heterocycles. The van der Waals surface area contributed by atoms with Crippen LogP contribution in [0.25, 0.3) is 11.3 Å². The number of thioether (sulfide) groups is 1. The highest BCUT2D eigenvalue weighted by Crippen LogP contribution is 2.46. The molecule has 0 spiro atoms. The number of amides is 2. The SMILES string of the molecule is Cc1c(N2C(=O)/C(=C3/C(=O)N(Cc4ccccc4)c4ccc(Br)cc43)SC2=S)c(=O)n(-c2ccccc2)n1C. The van der Waals surface area contributed by atoms with Gasteiger partial charge in [0.05, 0.1) is 34.1 Å². The van der Waals surface area contributed by atoms with E-state index in [1.807, 2.05) is 78.9 Å². The highest BCUT2D eigenvalue weighted by Gasteiger charge is 2.44. The Morgan fingerprint density at radius 3 is 2.26 bits per heavy atom. The number of benzene rings is 3. The summed E-state index contributed by atoms with van der Waals surface area (Å²) in [7, 11) is 1.76. The number of nitrogens with zero attached hydrogens (tertiary/aromatic N) is 4. The Morgan fingerprint density at radius 2 is 1.56 bits per heavy atom. The van der Waals surface area contributed by atoms with E-state index >= 15 is 0 Å². The molecule has 2 aliphatic heterocycles. The maximum Gasteiger partial charge on any atom is 0.296 e. The third kappa shape index (κ3) is 4.10. The third-order valence-electron chi connectivity index (χ3n) is 6.91. The van der Waals surface area contributed by atoms with Gasteiger partial charge in [0.25, 0.3) is 17.4 Å². The molecule has 0 saturated carbocycles. The summed E-state index contributed by atoms with van der Waals surface area (Å²) in [6.07, 6.45) is 0. The lowest BCUT2D eigenvalue weighted by molar-refractivity contribution is -0.115.